The van der Waals surface area contributed by atoms with E-state index in [-0.39, 0.29) is 0 Å². The Labute approximate surface area is 98.4 Å². The van der Waals surface area contributed by atoms with Crippen molar-refractivity contribution in [3.8, 4) is 11.8 Å². The predicted molar refractivity (Wildman–Crippen MR) is 65.0 cm³/mol. The Kier molecular flexibility index (Phi) is 7.57. The number of hydrogen-bond acceptors (Lipinski definition) is 3. The van der Waals surface area contributed by atoms with Gasteiger partial charge in [-0.05, 0) is 6.42 Å². The van der Waals surface area contributed by atoms with E-state index in [0.29, 0.717) is 0 Å². The van der Waals surface area contributed by atoms with Crippen LogP contribution in [0.15, 0.2) is 12.3 Å². The van der Waals surface area contributed by atoms with Crippen molar-refractivity contribution in [2.45, 2.75) is 19.8 Å². The summed E-state index contributed by atoms with van der Waals surface area (Å²) in [7, 11) is 0. The first-order valence-corrected chi connectivity index (χ1v) is 5.98. The van der Waals surface area contributed by atoms with E-state index in [0.717, 1.165) is 52.3 Å². The molecule has 0 spiro atoms. The Morgan fingerprint density at radius 3 is 2.94 bits per heavy atom. The van der Waals surface area contributed by atoms with Crippen molar-refractivity contribution >= 4 is 0 Å². The van der Waals surface area contributed by atoms with Gasteiger partial charge in [0.2, 0.25) is 0 Å². The highest BCUT2D eigenvalue weighted by atomic mass is 16.5. The Bertz CT molecular complexity index is 246. The molecule has 0 atom stereocenters. The van der Waals surface area contributed by atoms with Crippen molar-refractivity contribution in [1.29, 1.82) is 0 Å². The first-order chi connectivity index (χ1) is 7.93. The second-order valence-corrected chi connectivity index (χ2v) is 3.74. The average Bonchev–Trinajstić information content (AvgIpc) is 2.34. The van der Waals surface area contributed by atoms with Gasteiger partial charge < -0.3 is 9.47 Å². The molecule has 0 radical (unpaired) electrons. The molecule has 1 fully saturated rings. The molecule has 0 unspecified atom stereocenters. The normalized spacial score (nSPS) is 17.1. The van der Waals surface area contributed by atoms with Crippen LogP contribution in [0.25, 0.3) is 0 Å². The van der Waals surface area contributed by atoms with E-state index in [2.05, 4.69) is 23.7 Å². The first kappa shape index (κ1) is 13.1. The molecule has 3 nitrogen and oxygen atoms in total. The molecule has 0 aromatic carbocycles. The monoisotopic (exact) mass is 223 g/mol. The number of hydrogen-bond donors (Lipinski definition) is 0. The molecule has 0 amide bonds. The zero-order valence-electron chi connectivity index (χ0n) is 10.1. The zero-order valence-corrected chi connectivity index (χ0v) is 10.1. The molecule has 1 rings (SSSR count). The van der Waals surface area contributed by atoms with Gasteiger partial charge in [-0.1, -0.05) is 25.2 Å². The predicted octanol–water partition coefficient (Wildman–Crippen LogP) is 1.65. The van der Waals surface area contributed by atoms with Crippen molar-refractivity contribution in [3.05, 3.63) is 12.3 Å². The van der Waals surface area contributed by atoms with Crippen LogP contribution in [-0.4, -0.2) is 44.4 Å². The van der Waals surface area contributed by atoms with Gasteiger partial charge in [0, 0.05) is 19.2 Å². The topological polar surface area (TPSA) is 21.7 Å². The second-order valence-electron chi connectivity index (χ2n) is 3.74. The Balaban J connectivity index is 2.02. The smallest absolute Gasteiger partial charge is 0.0912 e. The largest absolute Gasteiger partial charge is 0.501 e. The summed E-state index contributed by atoms with van der Waals surface area (Å²) in [5.41, 5.74) is 0. The summed E-state index contributed by atoms with van der Waals surface area (Å²) in [4.78, 5) is 2.29. The maximum Gasteiger partial charge on any atom is 0.0912 e. The minimum absolute atomic E-state index is 0.790. The molecule has 1 saturated heterocycles. The summed E-state index contributed by atoms with van der Waals surface area (Å²) >= 11 is 0. The molecule has 0 bridgehead atoms. The lowest BCUT2D eigenvalue weighted by Gasteiger charge is -2.24. The Morgan fingerprint density at radius 1 is 1.38 bits per heavy atom. The van der Waals surface area contributed by atoms with E-state index in [1.165, 1.54) is 0 Å². The summed E-state index contributed by atoms with van der Waals surface area (Å²) in [6.45, 7) is 7.40. The van der Waals surface area contributed by atoms with Gasteiger partial charge in [0.1, 0.15) is 0 Å². The van der Waals surface area contributed by atoms with E-state index < -0.39 is 0 Å². The van der Waals surface area contributed by atoms with Gasteiger partial charge in [0.05, 0.1) is 32.6 Å². The SMILES string of the molecule is CCCCOC=CC#CCN1CCOCC1. The van der Waals surface area contributed by atoms with Gasteiger partial charge in [-0.2, -0.15) is 0 Å². The molecule has 0 aromatic rings. The first-order valence-electron chi connectivity index (χ1n) is 5.98. The van der Waals surface area contributed by atoms with E-state index in [1.807, 2.05) is 0 Å². The van der Waals surface area contributed by atoms with Gasteiger partial charge in [-0.25, -0.2) is 0 Å². The molecule has 1 aliphatic rings. The third-order valence-corrected chi connectivity index (χ3v) is 2.37. The molecule has 16 heavy (non-hydrogen) atoms. The molecule has 1 heterocycles. The van der Waals surface area contributed by atoms with Gasteiger partial charge in [0.25, 0.3) is 0 Å². The second kappa shape index (κ2) is 9.26. The van der Waals surface area contributed by atoms with Gasteiger partial charge in [0.15, 0.2) is 0 Å². The molecule has 1 aliphatic heterocycles. The van der Waals surface area contributed by atoms with Gasteiger partial charge in [-0.15, -0.1) is 0 Å². The number of allylic oxidation sites excluding steroid dienone is 1. The third-order valence-electron chi connectivity index (χ3n) is 2.37. The number of unbranched alkanes of at least 4 members (excludes halogenated alkanes) is 1. The minimum Gasteiger partial charge on any atom is -0.501 e. The fraction of sp³-hybridized carbons (Fsp3) is 0.692. The van der Waals surface area contributed by atoms with Crippen molar-refractivity contribution in [3.63, 3.8) is 0 Å². The molecule has 3 heteroatoms. The van der Waals surface area contributed by atoms with Crippen molar-refractivity contribution in [2.75, 3.05) is 39.5 Å². The lowest BCUT2D eigenvalue weighted by atomic mass is 10.4. The Morgan fingerprint density at radius 2 is 2.19 bits per heavy atom. The van der Waals surface area contributed by atoms with Crippen LogP contribution in [0.2, 0.25) is 0 Å². The standard InChI is InChI=1S/C13H21NO2/c1-2-3-10-15-11-6-4-5-7-14-8-12-16-13-9-14/h6,11H,2-3,7-10,12-13H2,1H3. The summed E-state index contributed by atoms with van der Waals surface area (Å²) in [5, 5.41) is 0. The van der Waals surface area contributed by atoms with Gasteiger partial charge >= 0.3 is 0 Å². The van der Waals surface area contributed by atoms with E-state index in [1.54, 1.807) is 12.3 Å². The van der Waals surface area contributed by atoms with Crippen LogP contribution in [0, 0.1) is 11.8 Å². The summed E-state index contributed by atoms with van der Waals surface area (Å²) in [6.07, 6.45) is 5.72. The van der Waals surface area contributed by atoms with Crippen LogP contribution < -0.4 is 0 Å². The van der Waals surface area contributed by atoms with E-state index in [4.69, 9.17) is 9.47 Å². The highest BCUT2D eigenvalue weighted by Crippen LogP contribution is 1.94. The van der Waals surface area contributed by atoms with E-state index in [9.17, 15) is 0 Å². The maximum absolute atomic E-state index is 5.26. The molecular formula is C13H21NO2. The van der Waals surface area contributed by atoms with E-state index >= 15 is 0 Å². The molecule has 0 aliphatic carbocycles. The molecule has 0 N–H and O–H groups in total. The number of rotatable bonds is 5. The average molecular weight is 223 g/mol. The molecule has 90 valence electrons. The number of morpholine rings is 1. The fourth-order valence-corrected chi connectivity index (χ4v) is 1.35. The highest BCUT2D eigenvalue weighted by molar-refractivity contribution is 5.14. The van der Waals surface area contributed by atoms with Crippen molar-refractivity contribution < 1.29 is 9.47 Å². The van der Waals surface area contributed by atoms with Gasteiger partial charge in [-0.3, -0.25) is 4.90 Å². The summed E-state index contributed by atoms with van der Waals surface area (Å²) in [5.74, 6) is 6.07. The summed E-state index contributed by atoms with van der Waals surface area (Å²) < 4.78 is 10.5. The van der Waals surface area contributed by atoms with Crippen LogP contribution in [0.4, 0.5) is 0 Å². The van der Waals surface area contributed by atoms with Crippen LogP contribution in [0.3, 0.4) is 0 Å². The lowest BCUT2D eigenvalue weighted by Crippen LogP contribution is -2.36. The lowest BCUT2D eigenvalue weighted by molar-refractivity contribution is 0.0443. The third kappa shape index (κ3) is 6.49. The van der Waals surface area contributed by atoms with Crippen LogP contribution in [0.5, 0.6) is 0 Å². The molecule has 0 saturated carbocycles. The fourth-order valence-electron chi connectivity index (χ4n) is 1.35. The van der Waals surface area contributed by atoms with Crippen molar-refractivity contribution in [1.82, 2.24) is 4.90 Å². The summed E-state index contributed by atoms with van der Waals surface area (Å²) in [6, 6.07) is 0. The number of nitrogens with zero attached hydrogens (tertiary/aromatic N) is 1. The van der Waals surface area contributed by atoms with Crippen LogP contribution in [0.1, 0.15) is 19.8 Å². The Hall–Kier alpha value is -0.980. The molecular weight excluding hydrogens is 202 g/mol. The minimum atomic E-state index is 0.790. The number of ether oxygens (including phenoxy) is 2. The highest BCUT2D eigenvalue weighted by Gasteiger charge is 2.07. The maximum atomic E-state index is 5.26. The van der Waals surface area contributed by atoms with Crippen molar-refractivity contribution in [2.24, 2.45) is 0 Å². The molecule has 0 aromatic heterocycles. The quantitative estimate of drug-likeness (QED) is 0.402. The van der Waals surface area contributed by atoms with Crippen LogP contribution in [-0.2, 0) is 9.47 Å². The van der Waals surface area contributed by atoms with Crippen LogP contribution >= 0.6 is 0 Å². The zero-order chi connectivity index (χ0) is 11.5.